The Hall–Kier alpha value is -2.57. The standard InChI is InChI=1S/C21H21N3O2S/c1-2-4-18(5-3-1)24-10-8-23(9-11-24)13-17-14-27-21(22-17)16-6-7-19-20(12-16)26-15-25-19/h1-7,12,14H,8-11,13,15H2/p+1. The lowest BCUT2D eigenvalue weighted by atomic mass is 10.2. The fourth-order valence-electron chi connectivity index (χ4n) is 3.70. The molecule has 0 aliphatic carbocycles. The largest absolute Gasteiger partial charge is 0.454 e. The molecule has 5 rings (SSSR count). The van der Waals surface area contributed by atoms with Crippen LogP contribution in [0.25, 0.3) is 10.6 Å². The molecule has 5 nitrogen and oxygen atoms in total. The molecule has 27 heavy (non-hydrogen) atoms. The highest BCUT2D eigenvalue weighted by Crippen LogP contribution is 2.36. The van der Waals surface area contributed by atoms with Crippen LogP contribution >= 0.6 is 11.3 Å². The van der Waals surface area contributed by atoms with Gasteiger partial charge >= 0.3 is 0 Å². The second-order valence-electron chi connectivity index (χ2n) is 6.96. The minimum Gasteiger partial charge on any atom is -0.454 e. The number of aromatic nitrogens is 1. The Labute approximate surface area is 162 Å². The number of hydrogen-bond donors (Lipinski definition) is 1. The van der Waals surface area contributed by atoms with Gasteiger partial charge in [0.05, 0.1) is 26.2 Å². The van der Waals surface area contributed by atoms with Gasteiger partial charge in [0, 0.05) is 16.6 Å². The van der Waals surface area contributed by atoms with Gasteiger partial charge in [0.1, 0.15) is 17.2 Å². The SMILES string of the molecule is c1ccc(N2CC[NH+](Cc3csc(-c4ccc5c(c4)OCO5)n3)CC2)cc1. The van der Waals surface area contributed by atoms with Crippen LogP contribution in [0.5, 0.6) is 11.5 Å². The molecule has 138 valence electrons. The summed E-state index contributed by atoms with van der Waals surface area (Å²) in [7, 11) is 0. The smallest absolute Gasteiger partial charge is 0.231 e. The first-order valence-corrected chi connectivity index (χ1v) is 10.2. The number of fused-ring (bicyclic) bond motifs is 1. The average Bonchev–Trinajstić information content (AvgIpc) is 3.38. The van der Waals surface area contributed by atoms with Crippen molar-refractivity contribution in [2.75, 3.05) is 37.9 Å². The lowest BCUT2D eigenvalue weighted by molar-refractivity contribution is -0.914. The first-order chi connectivity index (χ1) is 13.3. The zero-order chi connectivity index (χ0) is 18.1. The second kappa shape index (κ2) is 7.21. The van der Waals surface area contributed by atoms with Crippen LogP contribution in [0, 0.1) is 0 Å². The molecule has 1 N–H and O–H groups in total. The molecule has 0 saturated carbocycles. The Morgan fingerprint density at radius 2 is 1.81 bits per heavy atom. The van der Waals surface area contributed by atoms with Crippen molar-refractivity contribution in [1.29, 1.82) is 0 Å². The van der Waals surface area contributed by atoms with Gasteiger partial charge in [0.2, 0.25) is 6.79 Å². The van der Waals surface area contributed by atoms with Gasteiger partial charge in [-0.3, -0.25) is 0 Å². The van der Waals surface area contributed by atoms with Gasteiger partial charge in [0.15, 0.2) is 11.5 Å². The number of nitrogens with one attached hydrogen (secondary N) is 1. The van der Waals surface area contributed by atoms with Gasteiger partial charge in [-0.25, -0.2) is 4.98 Å². The van der Waals surface area contributed by atoms with E-state index in [1.54, 1.807) is 16.2 Å². The van der Waals surface area contributed by atoms with E-state index in [1.165, 1.54) is 11.4 Å². The van der Waals surface area contributed by atoms with Crippen molar-refractivity contribution in [2.45, 2.75) is 6.54 Å². The fourth-order valence-corrected chi connectivity index (χ4v) is 4.52. The summed E-state index contributed by atoms with van der Waals surface area (Å²) in [5, 5.41) is 3.24. The first-order valence-electron chi connectivity index (χ1n) is 9.33. The van der Waals surface area contributed by atoms with Crippen LogP contribution < -0.4 is 19.3 Å². The number of thiazole rings is 1. The zero-order valence-corrected chi connectivity index (χ0v) is 15.9. The number of hydrogen-bond acceptors (Lipinski definition) is 5. The number of para-hydroxylation sites is 1. The summed E-state index contributed by atoms with van der Waals surface area (Å²) >= 11 is 1.70. The third-order valence-corrected chi connectivity index (χ3v) is 6.13. The molecule has 0 radical (unpaired) electrons. The number of anilines is 1. The summed E-state index contributed by atoms with van der Waals surface area (Å²) < 4.78 is 10.9. The van der Waals surface area contributed by atoms with E-state index in [1.807, 2.05) is 12.1 Å². The summed E-state index contributed by atoms with van der Waals surface area (Å²) in [6.07, 6.45) is 0. The average molecular weight is 380 g/mol. The van der Waals surface area contributed by atoms with Crippen molar-refractivity contribution in [2.24, 2.45) is 0 Å². The minimum absolute atomic E-state index is 0.306. The van der Waals surface area contributed by atoms with Crippen molar-refractivity contribution in [1.82, 2.24) is 4.98 Å². The van der Waals surface area contributed by atoms with Gasteiger partial charge in [-0.2, -0.15) is 0 Å². The van der Waals surface area contributed by atoms with Crippen LogP contribution in [0.2, 0.25) is 0 Å². The maximum atomic E-state index is 5.48. The molecule has 0 spiro atoms. The molecule has 1 aromatic heterocycles. The quantitative estimate of drug-likeness (QED) is 0.755. The van der Waals surface area contributed by atoms with E-state index in [4.69, 9.17) is 14.5 Å². The highest BCUT2D eigenvalue weighted by Gasteiger charge is 2.21. The third-order valence-electron chi connectivity index (χ3n) is 5.19. The molecule has 0 atom stereocenters. The lowest BCUT2D eigenvalue weighted by Gasteiger charge is -2.33. The lowest BCUT2D eigenvalue weighted by Crippen LogP contribution is -3.13. The van der Waals surface area contributed by atoms with E-state index in [0.717, 1.165) is 54.8 Å². The Kier molecular flexibility index (Phi) is 4.43. The van der Waals surface area contributed by atoms with Gasteiger partial charge in [-0.15, -0.1) is 11.3 Å². The van der Waals surface area contributed by atoms with Gasteiger partial charge in [-0.05, 0) is 30.3 Å². The van der Waals surface area contributed by atoms with Crippen molar-refractivity contribution in [3.8, 4) is 22.1 Å². The van der Waals surface area contributed by atoms with Crippen LogP contribution in [-0.2, 0) is 6.54 Å². The maximum absolute atomic E-state index is 5.48. The van der Waals surface area contributed by atoms with Crippen molar-refractivity contribution in [3.05, 3.63) is 59.6 Å². The number of nitrogens with zero attached hydrogens (tertiary/aromatic N) is 2. The summed E-state index contributed by atoms with van der Waals surface area (Å²) in [5.74, 6) is 1.63. The number of benzene rings is 2. The second-order valence-corrected chi connectivity index (χ2v) is 7.82. The molecule has 2 aromatic carbocycles. The van der Waals surface area contributed by atoms with E-state index in [-0.39, 0.29) is 0 Å². The highest BCUT2D eigenvalue weighted by molar-refractivity contribution is 7.13. The molecule has 2 aliphatic rings. The van der Waals surface area contributed by atoms with Crippen LogP contribution in [-0.4, -0.2) is 38.0 Å². The number of rotatable bonds is 4. The Morgan fingerprint density at radius 3 is 2.67 bits per heavy atom. The predicted octanol–water partition coefficient (Wildman–Crippen LogP) is 2.44. The van der Waals surface area contributed by atoms with Gasteiger partial charge in [-0.1, -0.05) is 18.2 Å². The fraction of sp³-hybridized carbons (Fsp3) is 0.286. The topological polar surface area (TPSA) is 39.0 Å². The van der Waals surface area contributed by atoms with Gasteiger partial charge < -0.3 is 19.3 Å². The summed E-state index contributed by atoms with van der Waals surface area (Å²) in [4.78, 5) is 8.94. The Morgan fingerprint density at radius 1 is 1.00 bits per heavy atom. The maximum Gasteiger partial charge on any atom is 0.231 e. The molecule has 0 amide bonds. The molecule has 6 heteroatoms. The van der Waals surface area contributed by atoms with E-state index in [2.05, 4.69) is 46.7 Å². The Balaban J connectivity index is 1.22. The molecule has 1 saturated heterocycles. The summed E-state index contributed by atoms with van der Waals surface area (Å²) in [6.45, 7) is 5.78. The van der Waals surface area contributed by atoms with Gasteiger partial charge in [0.25, 0.3) is 0 Å². The highest BCUT2D eigenvalue weighted by atomic mass is 32.1. The van der Waals surface area contributed by atoms with Crippen molar-refractivity contribution < 1.29 is 14.4 Å². The zero-order valence-electron chi connectivity index (χ0n) is 15.1. The molecule has 0 unspecified atom stereocenters. The molecule has 0 bridgehead atoms. The number of piperazine rings is 1. The normalized spacial score (nSPS) is 16.7. The molecule has 3 aromatic rings. The van der Waals surface area contributed by atoms with E-state index >= 15 is 0 Å². The molecular weight excluding hydrogens is 358 g/mol. The third kappa shape index (κ3) is 3.50. The molecule has 1 fully saturated rings. The molecule has 2 aliphatic heterocycles. The van der Waals surface area contributed by atoms with Crippen LogP contribution in [0.15, 0.2) is 53.9 Å². The molecular formula is C21H22N3O2S+. The number of ether oxygens (including phenoxy) is 2. The van der Waals surface area contributed by atoms with E-state index in [9.17, 15) is 0 Å². The van der Waals surface area contributed by atoms with E-state index in [0.29, 0.717) is 6.79 Å². The predicted molar refractivity (Wildman–Crippen MR) is 107 cm³/mol. The van der Waals surface area contributed by atoms with Crippen LogP contribution in [0.3, 0.4) is 0 Å². The minimum atomic E-state index is 0.306. The summed E-state index contributed by atoms with van der Waals surface area (Å²) in [6, 6.07) is 16.7. The molecule has 3 heterocycles. The van der Waals surface area contributed by atoms with Crippen molar-refractivity contribution in [3.63, 3.8) is 0 Å². The number of quaternary nitrogens is 1. The Bertz CT molecular complexity index is 920. The van der Waals surface area contributed by atoms with Crippen LogP contribution in [0.1, 0.15) is 5.69 Å². The summed E-state index contributed by atoms with van der Waals surface area (Å²) in [5.41, 5.74) is 3.60. The monoisotopic (exact) mass is 380 g/mol. The van der Waals surface area contributed by atoms with Crippen LogP contribution in [0.4, 0.5) is 5.69 Å². The first kappa shape index (κ1) is 16.6. The van der Waals surface area contributed by atoms with E-state index < -0.39 is 0 Å². The van der Waals surface area contributed by atoms with Crippen molar-refractivity contribution >= 4 is 17.0 Å².